The monoisotopic (exact) mass is 296 g/mol. The Kier molecular flexibility index (Phi) is 2.93. The molecule has 0 aromatic carbocycles. The second kappa shape index (κ2) is 4.52. The molecule has 2 aliphatic heterocycles. The average molecular weight is 297 g/mol. The van der Waals surface area contributed by atoms with Crippen LogP contribution in [0.1, 0.15) is 23.3 Å². The van der Waals surface area contributed by atoms with Crippen molar-refractivity contribution < 1.29 is 14.4 Å². The van der Waals surface area contributed by atoms with Crippen molar-refractivity contribution in [3.05, 3.63) is 23.0 Å². The van der Waals surface area contributed by atoms with Crippen LogP contribution in [0, 0.1) is 0 Å². The van der Waals surface area contributed by atoms with Gasteiger partial charge in [-0.1, -0.05) is 11.6 Å². The second-order valence-corrected chi connectivity index (χ2v) is 5.45. The van der Waals surface area contributed by atoms with Crippen LogP contribution >= 0.6 is 11.6 Å². The summed E-state index contributed by atoms with van der Waals surface area (Å²) in [5.41, 5.74) is -0.438. The maximum atomic E-state index is 12.2. The summed E-state index contributed by atoms with van der Waals surface area (Å²) < 4.78 is 0. The van der Waals surface area contributed by atoms with Gasteiger partial charge in [0.15, 0.2) is 0 Å². The van der Waals surface area contributed by atoms with E-state index in [0.717, 1.165) is 0 Å². The predicted octanol–water partition coefficient (Wildman–Crippen LogP) is 0.482. The van der Waals surface area contributed by atoms with Gasteiger partial charge in [-0.15, -0.1) is 0 Å². The zero-order valence-electron chi connectivity index (χ0n) is 10.5. The van der Waals surface area contributed by atoms with Crippen molar-refractivity contribution >= 4 is 29.4 Å². The van der Waals surface area contributed by atoms with Crippen LogP contribution in [0.4, 0.5) is 4.79 Å². The molecule has 0 atom stereocenters. The lowest BCUT2D eigenvalue weighted by atomic mass is 9.87. The number of nitrogens with zero attached hydrogens (tertiary/aromatic N) is 1. The molecule has 8 heteroatoms. The van der Waals surface area contributed by atoms with Crippen molar-refractivity contribution in [2.75, 3.05) is 13.1 Å². The smallest absolute Gasteiger partial charge is 0.322 e. The molecule has 0 unspecified atom stereocenters. The summed E-state index contributed by atoms with van der Waals surface area (Å²) in [6.45, 7) is 0.812. The quantitative estimate of drug-likeness (QED) is 0.658. The Morgan fingerprint density at radius 1 is 1.30 bits per heavy atom. The Morgan fingerprint density at radius 2 is 2.00 bits per heavy atom. The van der Waals surface area contributed by atoms with Gasteiger partial charge in [0, 0.05) is 19.3 Å². The number of nitrogens with one attached hydrogen (secondary N) is 3. The van der Waals surface area contributed by atoms with Gasteiger partial charge in [0.2, 0.25) is 0 Å². The molecule has 1 spiro atoms. The first kappa shape index (κ1) is 13.0. The van der Waals surface area contributed by atoms with Gasteiger partial charge in [0.1, 0.15) is 11.2 Å². The number of hydrogen-bond donors (Lipinski definition) is 3. The summed E-state index contributed by atoms with van der Waals surface area (Å²) in [6.07, 6.45) is 2.36. The number of hydrogen-bond acceptors (Lipinski definition) is 3. The Morgan fingerprint density at radius 3 is 2.50 bits per heavy atom. The zero-order valence-corrected chi connectivity index (χ0v) is 11.3. The van der Waals surface area contributed by atoms with E-state index in [4.69, 9.17) is 11.6 Å². The molecular weight excluding hydrogens is 284 g/mol. The van der Waals surface area contributed by atoms with Crippen molar-refractivity contribution in [1.82, 2.24) is 20.5 Å². The predicted molar refractivity (Wildman–Crippen MR) is 70.3 cm³/mol. The number of rotatable bonds is 1. The number of urea groups is 1. The number of amides is 4. The van der Waals surface area contributed by atoms with Crippen molar-refractivity contribution in [1.29, 1.82) is 0 Å². The molecule has 3 N–H and O–H groups in total. The summed E-state index contributed by atoms with van der Waals surface area (Å²) in [5.74, 6) is -0.464. The van der Waals surface area contributed by atoms with E-state index in [-0.39, 0.29) is 11.8 Å². The van der Waals surface area contributed by atoms with Crippen LogP contribution in [0.15, 0.2) is 12.3 Å². The van der Waals surface area contributed by atoms with Gasteiger partial charge in [-0.2, -0.15) is 0 Å². The van der Waals surface area contributed by atoms with Crippen molar-refractivity contribution in [2.45, 2.75) is 18.4 Å². The first-order valence-electron chi connectivity index (χ1n) is 6.27. The van der Waals surface area contributed by atoms with E-state index >= 15 is 0 Å². The minimum absolute atomic E-state index is 0.156. The molecule has 0 saturated carbocycles. The van der Waals surface area contributed by atoms with Crippen LogP contribution in [0.5, 0.6) is 0 Å². The topological polar surface area (TPSA) is 94.3 Å². The Bertz CT molecular complexity index is 589. The lowest BCUT2D eigenvalue weighted by molar-refractivity contribution is -0.125. The maximum absolute atomic E-state index is 12.2. The van der Waals surface area contributed by atoms with Gasteiger partial charge in [-0.05, 0) is 18.9 Å². The average Bonchev–Trinajstić information content (AvgIpc) is 2.95. The third kappa shape index (κ3) is 2.03. The van der Waals surface area contributed by atoms with Gasteiger partial charge in [0.25, 0.3) is 11.8 Å². The minimum Gasteiger partial charge on any atom is -0.356 e. The Balaban J connectivity index is 1.68. The van der Waals surface area contributed by atoms with Crippen LogP contribution in [-0.4, -0.2) is 46.4 Å². The molecule has 106 valence electrons. The van der Waals surface area contributed by atoms with Gasteiger partial charge in [-0.25, -0.2) is 4.79 Å². The van der Waals surface area contributed by atoms with E-state index in [0.29, 0.717) is 36.6 Å². The van der Waals surface area contributed by atoms with E-state index in [1.165, 1.54) is 0 Å². The summed E-state index contributed by atoms with van der Waals surface area (Å²) in [7, 11) is 0. The number of carbonyl (C=O) groups is 3. The number of halogens is 1. The van der Waals surface area contributed by atoms with E-state index in [1.54, 1.807) is 17.2 Å². The van der Waals surface area contributed by atoms with Crippen LogP contribution in [0.3, 0.4) is 0 Å². The molecule has 2 aliphatic rings. The molecule has 7 nitrogen and oxygen atoms in total. The van der Waals surface area contributed by atoms with Gasteiger partial charge >= 0.3 is 6.03 Å². The molecule has 4 amide bonds. The second-order valence-electron chi connectivity index (χ2n) is 5.01. The highest BCUT2D eigenvalue weighted by molar-refractivity contribution is 6.30. The summed E-state index contributed by atoms with van der Waals surface area (Å²) in [5, 5.41) is 5.37. The van der Waals surface area contributed by atoms with Crippen LogP contribution < -0.4 is 10.6 Å². The molecule has 0 aliphatic carbocycles. The van der Waals surface area contributed by atoms with E-state index in [2.05, 4.69) is 15.6 Å². The maximum Gasteiger partial charge on any atom is 0.322 e. The largest absolute Gasteiger partial charge is 0.356 e. The number of aromatic nitrogens is 1. The SMILES string of the molecule is O=C1NC(=O)C2(CCN(C(=O)c3cc(Cl)c[nH]3)CC2)N1. The molecule has 1 aromatic heterocycles. The summed E-state index contributed by atoms with van der Waals surface area (Å²) >= 11 is 5.77. The highest BCUT2D eigenvalue weighted by Crippen LogP contribution is 2.26. The number of carbonyl (C=O) groups excluding carboxylic acids is 3. The number of aromatic amines is 1. The molecule has 3 rings (SSSR count). The Labute approximate surface area is 119 Å². The van der Waals surface area contributed by atoms with Gasteiger partial charge < -0.3 is 15.2 Å². The number of likely N-dealkylation sites (tertiary alicyclic amines) is 1. The van der Waals surface area contributed by atoms with E-state index in [1.807, 2.05) is 0 Å². The molecule has 3 heterocycles. The van der Waals surface area contributed by atoms with Crippen molar-refractivity contribution in [3.8, 4) is 0 Å². The Hall–Kier alpha value is -2.02. The molecule has 1 aromatic rings. The number of H-pyrrole nitrogens is 1. The minimum atomic E-state index is -0.860. The third-order valence-corrected chi connectivity index (χ3v) is 4.02. The van der Waals surface area contributed by atoms with Gasteiger partial charge in [0.05, 0.1) is 5.02 Å². The summed E-state index contributed by atoms with van der Waals surface area (Å²) in [6, 6.07) is 1.10. The first-order chi connectivity index (χ1) is 9.50. The standard InChI is InChI=1S/C12H13ClN4O3/c13-7-5-8(14-6-7)9(18)17-3-1-12(2-4-17)10(19)15-11(20)16-12/h5-6,14H,1-4H2,(H2,15,16,19,20). The highest BCUT2D eigenvalue weighted by atomic mass is 35.5. The normalized spacial score (nSPS) is 20.9. The van der Waals surface area contributed by atoms with Gasteiger partial charge in [-0.3, -0.25) is 14.9 Å². The lowest BCUT2D eigenvalue weighted by Crippen LogP contribution is -2.55. The lowest BCUT2D eigenvalue weighted by Gasteiger charge is -2.36. The molecule has 2 saturated heterocycles. The number of piperidine rings is 1. The summed E-state index contributed by atoms with van der Waals surface area (Å²) in [4.78, 5) is 39.7. The third-order valence-electron chi connectivity index (χ3n) is 3.80. The molecular formula is C12H13ClN4O3. The van der Waals surface area contributed by atoms with Crippen LogP contribution in [0.25, 0.3) is 0 Å². The van der Waals surface area contributed by atoms with E-state index in [9.17, 15) is 14.4 Å². The fourth-order valence-corrected chi connectivity index (χ4v) is 2.80. The van der Waals surface area contributed by atoms with Crippen molar-refractivity contribution in [3.63, 3.8) is 0 Å². The highest BCUT2D eigenvalue weighted by Gasteiger charge is 2.48. The molecule has 2 fully saturated rings. The fourth-order valence-electron chi connectivity index (χ4n) is 2.63. The zero-order chi connectivity index (χ0) is 14.3. The molecule has 20 heavy (non-hydrogen) atoms. The molecule has 0 bridgehead atoms. The van der Waals surface area contributed by atoms with E-state index < -0.39 is 11.6 Å². The van der Waals surface area contributed by atoms with Crippen LogP contribution in [-0.2, 0) is 4.79 Å². The fraction of sp³-hybridized carbons (Fsp3) is 0.417. The number of imide groups is 1. The van der Waals surface area contributed by atoms with Crippen LogP contribution in [0.2, 0.25) is 5.02 Å². The first-order valence-corrected chi connectivity index (χ1v) is 6.65. The van der Waals surface area contributed by atoms with Crippen molar-refractivity contribution in [2.24, 2.45) is 0 Å². The molecule has 0 radical (unpaired) electrons.